The lowest BCUT2D eigenvalue weighted by Crippen LogP contribution is -2.25. The molecule has 30 heavy (non-hydrogen) atoms. The van der Waals surface area contributed by atoms with Crippen LogP contribution in [0.15, 0.2) is 76.2 Å². The molecule has 156 valence electrons. The van der Waals surface area contributed by atoms with Crippen molar-refractivity contribution in [2.45, 2.75) is 24.8 Å². The molecule has 0 saturated carbocycles. The molecule has 2 N–H and O–H groups in total. The fourth-order valence-electron chi connectivity index (χ4n) is 2.77. The lowest BCUT2D eigenvalue weighted by atomic mass is 10.1. The molecule has 0 aliphatic heterocycles. The van der Waals surface area contributed by atoms with E-state index in [-0.39, 0.29) is 35.1 Å². The molecule has 0 aliphatic rings. The van der Waals surface area contributed by atoms with Crippen molar-refractivity contribution in [2.24, 2.45) is 0 Å². The lowest BCUT2D eigenvalue weighted by Gasteiger charge is -2.11. The van der Waals surface area contributed by atoms with Crippen molar-refractivity contribution in [1.82, 2.24) is 5.32 Å². The van der Waals surface area contributed by atoms with E-state index in [1.807, 2.05) is 6.92 Å². The van der Waals surface area contributed by atoms with Crippen LogP contribution in [0.3, 0.4) is 0 Å². The number of nitrogens with one attached hydrogen (secondary N) is 2. The Labute approximate surface area is 175 Å². The van der Waals surface area contributed by atoms with Gasteiger partial charge in [-0.1, -0.05) is 29.8 Å². The molecule has 1 aromatic heterocycles. The van der Waals surface area contributed by atoms with Gasteiger partial charge < -0.3 is 15.1 Å². The number of para-hydroxylation sites is 1. The molecule has 1 heterocycles. The second-order valence-electron chi connectivity index (χ2n) is 6.74. The minimum Gasteiger partial charge on any atom is -0.467 e. The minimum atomic E-state index is -3.58. The van der Waals surface area contributed by atoms with E-state index in [1.165, 1.54) is 18.4 Å². The van der Waals surface area contributed by atoms with Crippen molar-refractivity contribution in [3.05, 3.63) is 83.8 Å². The summed E-state index contributed by atoms with van der Waals surface area (Å²) in [5, 5.41) is 5.35. The largest absolute Gasteiger partial charge is 0.467 e. The molecule has 0 unspecified atom stereocenters. The van der Waals surface area contributed by atoms with Gasteiger partial charge in [0.05, 0.1) is 34.7 Å². The van der Waals surface area contributed by atoms with Crippen molar-refractivity contribution in [1.29, 1.82) is 0 Å². The summed E-state index contributed by atoms with van der Waals surface area (Å²) in [5.41, 5.74) is 1.54. The average molecular weight is 426 g/mol. The Morgan fingerprint density at radius 1 is 0.967 bits per heavy atom. The first-order valence-corrected chi connectivity index (χ1v) is 11.0. The predicted molar refractivity (Wildman–Crippen MR) is 113 cm³/mol. The zero-order valence-corrected chi connectivity index (χ0v) is 17.2. The number of rotatable bonds is 8. The van der Waals surface area contributed by atoms with E-state index >= 15 is 0 Å². The van der Waals surface area contributed by atoms with Gasteiger partial charge in [0.25, 0.3) is 5.91 Å². The van der Waals surface area contributed by atoms with Crippen molar-refractivity contribution < 1.29 is 22.4 Å². The molecule has 0 saturated heterocycles. The predicted octanol–water partition coefficient (Wildman–Crippen LogP) is 3.32. The molecule has 0 spiro atoms. The summed E-state index contributed by atoms with van der Waals surface area (Å²) in [6.45, 7) is 2.08. The molecule has 0 fully saturated rings. The fraction of sp³-hybridized carbons (Fsp3) is 0.182. The quantitative estimate of drug-likeness (QED) is 0.575. The van der Waals surface area contributed by atoms with E-state index in [2.05, 4.69) is 10.6 Å². The highest BCUT2D eigenvalue weighted by Crippen LogP contribution is 2.17. The van der Waals surface area contributed by atoms with Crippen LogP contribution in [0.1, 0.15) is 28.1 Å². The normalized spacial score (nSPS) is 11.1. The number of carbonyl (C=O) groups excluding carboxylic acids is 2. The van der Waals surface area contributed by atoms with Gasteiger partial charge in [-0.15, -0.1) is 0 Å². The molecule has 3 rings (SSSR count). The third kappa shape index (κ3) is 5.57. The Kier molecular flexibility index (Phi) is 6.68. The Hall–Kier alpha value is -3.39. The molecular weight excluding hydrogens is 404 g/mol. The Morgan fingerprint density at radius 2 is 1.70 bits per heavy atom. The van der Waals surface area contributed by atoms with Gasteiger partial charge in [-0.2, -0.15) is 0 Å². The highest BCUT2D eigenvalue weighted by Gasteiger charge is 2.18. The van der Waals surface area contributed by atoms with Gasteiger partial charge in [0, 0.05) is 6.42 Å². The number of sulfone groups is 1. The number of amides is 2. The molecule has 2 amide bonds. The highest BCUT2D eigenvalue weighted by molar-refractivity contribution is 7.91. The van der Waals surface area contributed by atoms with Crippen LogP contribution in [0.25, 0.3) is 0 Å². The van der Waals surface area contributed by atoms with E-state index < -0.39 is 15.7 Å². The SMILES string of the molecule is Cc1ccc(S(=O)(=O)CCC(=O)Nc2ccccc2C(=O)NCc2ccco2)cc1. The summed E-state index contributed by atoms with van der Waals surface area (Å²) in [7, 11) is -3.58. The lowest BCUT2D eigenvalue weighted by molar-refractivity contribution is -0.115. The standard InChI is InChI=1S/C22H22N2O5S/c1-16-8-10-18(11-9-16)30(27,28)14-12-21(25)24-20-7-3-2-6-19(20)22(26)23-15-17-5-4-13-29-17/h2-11,13H,12,14-15H2,1H3,(H,23,26)(H,24,25). The van der Waals surface area contributed by atoms with E-state index in [1.54, 1.807) is 48.5 Å². The van der Waals surface area contributed by atoms with E-state index in [4.69, 9.17) is 4.42 Å². The van der Waals surface area contributed by atoms with Crippen LogP contribution in [0.5, 0.6) is 0 Å². The van der Waals surface area contributed by atoms with Crippen LogP contribution >= 0.6 is 0 Å². The van der Waals surface area contributed by atoms with Gasteiger partial charge in [-0.05, 0) is 43.3 Å². The molecule has 2 aromatic carbocycles. The van der Waals surface area contributed by atoms with Crippen molar-refractivity contribution in [2.75, 3.05) is 11.1 Å². The van der Waals surface area contributed by atoms with Crippen molar-refractivity contribution in [3.8, 4) is 0 Å². The van der Waals surface area contributed by atoms with Crippen LogP contribution in [-0.2, 0) is 21.2 Å². The molecule has 3 aromatic rings. The topological polar surface area (TPSA) is 105 Å². The van der Waals surface area contributed by atoms with Gasteiger partial charge in [-0.25, -0.2) is 8.42 Å². The molecule has 0 bridgehead atoms. The van der Waals surface area contributed by atoms with E-state index in [0.717, 1.165) is 5.56 Å². The third-order valence-corrected chi connectivity index (χ3v) is 6.16. The summed E-state index contributed by atoms with van der Waals surface area (Å²) in [6, 6.07) is 16.5. The molecule has 8 heteroatoms. The van der Waals surface area contributed by atoms with Crippen LogP contribution < -0.4 is 10.6 Å². The van der Waals surface area contributed by atoms with Gasteiger partial charge in [0.15, 0.2) is 9.84 Å². The highest BCUT2D eigenvalue weighted by atomic mass is 32.2. The fourth-order valence-corrected chi connectivity index (χ4v) is 4.01. The summed E-state index contributed by atoms with van der Waals surface area (Å²) < 4.78 is 30.0. The second-order valence-corrected chi connectivity index (χ2v) is 8.85. The van der Waals surface area contributed by atoms with Gasteiger partial charge in [-0.3, -0.25) is 9.59 Å². The first kappa shape index (κ1) is 21.3. The number of anilines is 1. The first-order chi connectivity index (χ1) is 14.3. The zero-order chi connectivity index (χ0) is 21.6. The molecule has 0 atom stereocenters. The smallest absolute Gasteiger partial charge is 0.253 e. The van der Waals surface area contributed by atoms with Gasteiger partial charge in [0.1, 0.15) is 5.76 Å². The summed E-state index contributed by atoms with van der Waals surface area (Å²) in [6.07, 6.45) is 1.29. The number of carbonyl (C=O) groups is 2. The van der Waals surface area contributed by atoms with Crippen LogP contribution in [0, 0.1) is 6.92 Å². The number of furan rings is 1. The number of hydrogen-bond donors (Lipinski definition) is 2. The molecule has 7 nitrogen and oxygen atoms in total. The Balaban J connectivity index is 1.61. The van der Waals surface area contributed by atoms with Crippen LogP contribution in [-0.4, -0.2) is 26.0 Å². The number of hydrogen-bond acceptors (Lipinski definition) is 5. The number of benzene rings is 2. The van der Waals surface area contributed by atoms with Crippen molar-refractivity contribution >= 4 is 27.3 Å². The Morgan fingerprint density at radius 3 is 2.40 bits per heavy atom. The first-order valence-electron chi connectivity index (χ1n) is 9.34. The summed E-state index contributed by atoms with van der Waals surface area (Å²) >= 11 is 0. The zero-order valence-electron chi connectivity index (χ0n) is 16.4. The monoisotopic (exact) mass is 426 g/mol. The van der Waals surface area contributed by atoms with Gasteiger partial charge >= 0.3 is 0 Å². The molecular formula is C22H22N2O5S. The summed E-state index contributed by atoms with van der Waals surface area (Å²) in [4.78, 5) is 25.0. The van der Waals surface area contributed by atoms with Crippen LogP contribution in [0.4, 0.5) is 5.69 Å². The molecule has 0 aliphatic carbocycles. The minimum absolute atomic E-state index is 0.179. The van der Waals surface area contributed by atoms with E-state index in [9.17, 15) is 18.0 Å². The summed E-state index contributed by atoms with van der Waals surface area (Å²) in [5.74, 6) is -0.591. The second kappa shape index (κ2) is 9.41. The van der Waals surface area contributed by atoms with Crippen molar-refractivity contribution in [3.63, 3.8) is 0 Å². The maximum absolute atomic E-state index is 12.5. The average Bonchev–Trinajstić information content (AvgIpc) is 3.25. The van der Waals surface area contributed by atoms with Gasteiger partial charge in [0.2, 0.25) is 5.91 Å². The maximum Gasteiger partial charge on any atom is 0.253 e. The third-order valence-electron chi connectivity index (χ3n) is 4.43. The number of aryl methyl sites for hydroxylation is 1. The Bertz CT molecular complexity index is 1120. The maximum atomic E-state index is 12.5. The van der Waals surface area contributed by atoms with Crippen LogP contribution in [0.2, 0.25) is 0 Å². The van der Waals surface area contributed by atoms with E-state index in [0.29, 0.717) is 11.4 Å². The molecule has 0 radical (unpaired) electrons.